The number of aryl methyl sites for hydroxylation is 2. The monoisotopic (exact) mass is 404 g/mol. The van der Waals surface area contributed by atoms with Gasteiger partial charge >= 0.3 is 0 Å². The summed E-state index contributed by atoms with van der Waals surface area (Å²) in [5.74, 6) is 0.296. The summed E-state index contributed by atoms with van der Waals surface area (Å²) in [6.07, 6.45) is 2.54. The first-order chi connectivity index (χ1) is 14.0. The molecule has 1 heterocycles. The van der Waals surface area contributed by atoms with Crippen LogP contribution in [0.1, 0.15) is 29.5 Å². The van der Waals surface area contributed by atoms with Gasteiger partial charge in [0, 0.05) is 18.8 Å². The van der Waals surface area contributed by atoms with Crippen molar-refractivity contribution in [1.82, 2.24) is 0 Å². The van der Waals surface area contributed by atoms with E-state index < -0.39 is 0 Å². The normalized spacial score (nSPS) is 13.7. The third-order valence-corrected chi connectivity index (χ3v) is 6.54. The van der Waals surface area contributed by atoms with E-state index in [1.807, 2.05) is 30.3 Å². The fourth-order valence-corrected chi connectivity index (χ4v) is 5.16. The van der Waals surface area contributed by atoms with Crippen molar-refractivity contribution in [3.8, 4) is 16.9 Å². The van der Waals surface area contributed by atoms with E-state index >= 15 is 0 Å². The Morgan fingerprint density at radius 2 is 1.59 bits per heavy atom. The molecule has 0 atom stereocenters. The maximum atomic E-state index is 10.4. The average molecular weight is 405 g/mol. The van der Waals surface area contributed by atoms with Crippen LogP contribution in [0, 0.1) is 20.8 Å². The van der Waals surface area contributed by atoms with Crippen LogP contribution in [0.5, 0.6) is 5.75 Å². The highest BCUT2D eigenvalue weighted by molar-refractivity contribution is 8.00. The highest BCUT2D eigenvalue weighted by Crippen LogP contribution is 2.39. The summed E-state index contributed by atoms with van der Waals surface area (Å²) in [5, 5.41) is 10.4. The SMILES string of the molecule is Cc1cc(C)c(N2CCCC2)c(C)c1NSc1cc(-c2ccccc2)ccc1O. The zero-order valence-corrected chi connectivity index (χ0v) is 18.1. The van der Waals surface area contributed by atoms with Crippen LogP contribution < -0.4 is 9.62 Å². The Labute approximate surface area is 177 Å². The number of nitrogens with zero attached hydrogens (tertiary/aromatic N) is 1. The van der Waals surface area contributed by atoms with Crippen LogP contribution >= 0.6 is 11.9 Å². The minimum absolute atomic E-state index is 0.296. The van der Waals surface area contributed by atoms with E-state index in [9.17, 15) is 5.11 Å². The Balaban J connectivity index is 1.62. The van der Waals surface area contributed by atoms with Crippen molar-refractivity contribution in [2.24, 2.45) is 0 Å². The van der Waals surface area contributed by atoms with Crippen LogP contribution in [-0.4, -0.2) is 18.2 Å². The highest BCUT2D eigenvalue weighted by atomic mass is 32.2. The third-order valence-electron chi connectivity index (χ3n) is 5.68. The number of nitrogens with one attached hydrogen (secondary N) is 1. The van der Waals surface area contributed by atoms with Gasteiger partial charge in [-0.05, 0) is 85.5 Å². The van der Waals surface area contributed by atoms with Crippen LogP contribution in [0.2, 0.25) is 0 Å². The van der Waals surface area contributed by atoms with Gasteiger partial charge in [-0.25, -0.2) is 0 Å². The summed E-state index contributed by atoms with van der Waals surface area (Å²) in [6.45, 7) is 8.84. The van der Waals surface area contributed by atoms with E-state index in [1.54, 1.807) is 6.07 Å². The molecule has 1 saturated heterocycles. The first-order valence-electron chi connectivity index (χ1n) is 10.2. The van der Waals surface area contributed by atoms with Crippen LogP contribution in [0.3, 0.4) is 0 Å². The smallest absolute Gasteiger partial charge is 0.130 e. The molecule has 0 spiro atoms. The summed E-state index contributed by atoms with van der Waals surface area (Å²) in [5.41, 5.74) is 8.61. The predicted octanol–water partition coefficient (Wildman–Crippen LogP) is 6.70. The lowest BCUT2D eigenvalue weighted by atomic mass is 10.0. The second-order valence-electron chi connectivity index (χ2n) is 7.81. The Hall–Kier alpha value is -2.59. The second-order valence-corrected chi connectivity index (χ2v) is 8.65. The molecule has 1 fully saturated rings. The van der Waals surface area contributed by atoms with Gasteiger partial charge in [-0.15, -0.1) is 0 Å². The highest BCUT2D eigenvalue weighted by Gasteiger charge is 2.20. The van der Waals surface area contributed by atoms with Crippen molar-refractivity contribution in [3.05, 3.63) is 71.3 Å². The summed E-state index contributed by atoms with van der Waals surface area (Å²) in [6, 6.07) is 18.3. The molecule has 3 nitrogen and oxygen atoms in total. The van der Waals surface area contributed by atoms with Gasteiger partial charge in [-0.1, -0.05) is 42.5 Å². The van der Waals surface area contributed by atoms with E-state index in [2.05, 4.69) is 48.6 Å². The lowest BCUT2D eigenvalue weighted by Gasteiger charge is -2.26. The Morgan fingerprint density at radius 3 is 2.31 bits per heavy atom. The van der Waals surface area contributed by atoms with Crippen LogP contribution in [0.15, 0.2) is 59.5 Å². The van der Waals surface area contributed by atoms with Crippen molar-refractivity contribution >= 4 is 23.3 Å². The van der Waals surface area contributed by atoms with Crippen LogP contribution in [-0.2, 0) is 0 Å². The topological polar surface area (TPSA) is 35.5 Å². The van der Waals surface area contributed by atoms with Gasteiger partial charge in [0.1, 0.15) is 5.75 Å². The minimum Gasteiger partial charge on any atom is -0.507 e. The third kappa shape index (κ3) is 4.08. The van der Waals surface area contributed by atoms with Gasteiger partial charge in [-0.2, -0.15) is 0 Å². The van der Waals surface area contributed by atoms with Crippen molar-refractivity contribution < 1.29 is 5.11 Å². The minimum atomic E-state index is 0.296. The van der Waals surface area contributed by atoms with E-state index in [1.165, 1.54) is 47.2 Å². The maximum Gasteiger partial charge on any atom is 0.130 e. The summed E-state index contributed by atoms with van der Waals surface area (Å²) >= 11 is 1.48. The molecule has 4 rings (SSSR count). The van der Waals surface area contributed by atoms with Crippen LogP contribution in [0.4, 0.5) is 11.4 Å². The molecule has 3 aromatic rings. The lowest BCUT2D eigenvalue weighted by Crippen LogP contribution is -2.20. The molecule has 29 heavy (non-hydrogen) atoms. The van der Waals surface area contributed by atoms with E-state index in [0.29, 0.717) is 5.75 Å². The summed E-state index contributed by atoms with van der Waals surface area (Å²) in [7, 11) is 0. The summed E-state index contributed by atoms with van der Waals surface area (Å²) < 4.78 is 3.54. The first kappa shape index (κ1) is 19.7. The van der Waals surface area contributed by atoms with Gasteiger partial charge in [0.05, 0.1) is 10.6 Å². The molecule has 0 aromatic heterocycles. The molecular formula is C25H28N2OS. The van der Waals surface area contributed by atoms with Crippen molar-refractivity contribution in [3.63, 3.8) is 0 Å². The number of hydrogen-bond donors (Lipinski definition) is 2. The fraction of sp³-hybridized carbons (Fsp3) is 0.280. The van der Waals surface area contributed by atoms with Crippen molar-refractivity contribution in [1.29, 1.82) is 0 Å². The van der Waals surface area contributed by atoms with Crippen molar-refractivity contribution in [2.75, 3.05) is 22.7 Å². The zero-order chi connectivity index (χ0) is 20.4. The molecule has 0 bridgehead atoms. The molecule has 0 amide bonds. The van der Waals surface area contributed by atoms with Gasteiger partial charge in [0.2, 0.25) is 0 Å². The lowest BCUT2D eigenvalue weighted by molar-refractivity contribution is 0.462. The number of aromatic hydroxyl groups is 1. The second kappa shape index (κ2) is 8.42. The number of phenols is 1. The Kier molecular flexibility index (Phi) is 5.72. The average Bonchev–Trinajstić information content (AvgIpc) is 3.23. The standard InChI is InChI=1S/C25H28N2OS/c1-17-15-18(2)25(27-13-7-8-14-27)19(3)24(17)26-29-23-16-21(11-12-22(23)28)20-9-5-4-6-10-20/h4-6,9-12,15-16,26,28H,7-8,13-14H2,1-3H3. The van der Waals surface area contributed by atoms with Gasteiger partial charge < -0.3 is 14.7 Å². The number of benzene rings is 3. The van der Waals surface area contributed by atoms with E-state index in [4.69, 9.17) is 0 Å². The quantitative estimate of drug-likeness (QED) is 0.464. The van der Waals surface area contributed by atoms with Crippen molar-refractivity contribution in [2.45, 2.75) is 38.5 Å². The molecule has 2 N–H and O–H groups in total. The zero-order valence-electron chi connectivity index (χ0n) is 17.3. The molecule has 1 aliphatic rings. The van der Waals surface area contributed by atoms with Gasteiger partial charge in [0.25, 0.3) is 0 Å². The molecular weight excluding hydrogens is 376 g/mol. The number of phenolic OH excluding ortho intramolecular Hbond substituents is 1. The van der Waals surface area contributed by atoms with Crippen LogP contribution in [0.25, 0.3) is 11.1 Å². The van der Waals surface area contributed by atoms with Gasteiger partial charge in [0.15, 0.2) is 0 Å². The molecule has 0 unspecified atom stereocenters. The molecule has 3 aromatic carbocycles. The number of hydrogen-bond acceptors (Lipinski definition) is 4. The largest absolute Gasteiger partial charge is 0.507 e. The fourth-order valence-electron chi connectivity index (χ4n) is 4.27. The Morgan fingerprint density at radius 1 is 0.862 bits per heavy atom. The number of rotatable bonds is 5. The molecule has 0 aliphatic carbocycles. The Bertz CT molecular complexity index is 1010. The van der Waals surface area contributed by atoms with E-state index in [0.717, 1.165) is 34.8 Å². The first-order valence-corrected chi connectivity index (χ1v) is 11.0. The molecule has 1 aliphatic heterocycles. The molecule has 0 saturated carbocycles. The number of anilines is 2. The predicted molar refractivity (Wildman–Crippen MR) is 125 cm³/mol. The molecule has 4 heteroatoms. The van der Waals surface area contributed by atoms with Gasteiger partial charge in [-0.3, -0.25) is 0 Å². The van der Waals surface area contributed by atoms with E-state index in [-0.39, 0.29) is 0 Å². The molecule has 0 radical (unpaired) electrons. The maximum absolute atomic E-state index is 10.4. The molecule has 150 valence electrons. The summed E-state index contributed by atoms with van der Waals surface area (Å²) in [4.78, 5) is 3.33.